The summed E-state index contributed by atoms with van der Waals surface area (Å²) in [4.78, 5) is 15.4. The molecule has 1 aliphatic rings. The van der Waals surface area contributed by atoms with Crippen LogP contribution in [0.3, 0.4) is 0 Å². The maximum absolute atomic E-state index is 13.0. The fourth-order valence-electron chi connectivity index (χ4n) is 3.85. The van der Waals surface area contributed by atoms with Gasteiger partial charge in [0, 0.05) is 18.7 Å². The lowest BCUT2D eigenvalue weighted by Gasteiger charge is -2.26. The Hall–Kier alpha value is -2.92. The maximum Gasteiger partial charge on any atom is 0.270 e. The van der Waals surface area contributed by atoms with E-state index in [1.165, 1.54) is 19.3 Å². The normalized spacial score (nSPS) is 14.7. The van der Waals surface area contributed by atoms with Crippen molar-refractivity contribution in [2.24, 2.45) is 0 Å². The van der Waals surface area contributed by atoms with Crippen molar-refractivity contribution in [2.45, 2.75) is 26.2 Å². The van der Waals surface area contributed by atoms with Crippen LogP contribution in [-0.4, -0.2) is 46.8 Å². The quantitative estimate of drug-likeness (QED) is 0.693. The Bertz CT molecular complexity index is 958. The van der Waals surface area contributed by atoms with Gasteiger partial charge in [0.2, 0.25) is 0 Å². The van der Waals surface area contributed by atoms with Crippen LogP contribution in [0.25, 0.3) is 16.9 Å². The molecule has 0 atom stereocenters. The van der Waals surface area contributed by atoms with Crippen molar-refractivity contribution in [3.63, 3.8) is 0 Å². The first-order valence-electron chi connectivity index (χ1n) is 10.4. The minimum Gasteiger partial charge on any atom is -0.349 e. The minimum atomic E-state index is -0.0850. The van der Waals surface area contributed by atoms with Crippen molar-refractivity contribution in [1.29, 1.82) is 0 Å². The molecule has 1 amide bonds. The molecule has 29 heavy (non-hydrogen) atoms. The van der Waals surface area contributed by atoms with Crippen molar-refractivity contribution in [2.75, 3.05) is 26.2 Å². The molecule has 3 aromatic rings. The summed E-state index contributed by atoms with van der Waals surface area (Å²) in [6.07, 6.45) is 3.84. The molecule has 2 heterocycles. The summed E-state index contributed by atoms with van der Waals surface area (Å²) in [5.41, 5.74) is 4.40. The first-order valence-corrected chi connectivity index (χ1v) is 10.4. The van der Waals surface area contributed by atoms with E-state index in [1.54, 1.807) is 4.68 Å². The number of aromatic nitrogens is 2. The SMILES string of the molecule is Cc1cccc(-n2nc(-c3ccccc3)cc2C(=O)NCCN2CCCCC2)c1. The van der Waals surface area contributed by atoms with E-state index in [9.17, 15) is 4.79 Å². The van der Waals surface area contributed by atoms with Crippen LogP contribution in [0.4, 0.5) is 0 Å². The first kappa shape index (κ1) is 19.4. The van der Waals surface area contributed by atoms with E-state index < -0.39 is 0 Å². The number of likely N-dealkylation sites (tertiary alicyclic amines) is 1. The molecule has 2 aromatic carbocycles. The third-order valence-corrected chi connectivity index (χ3v) is 5.42. The number of aryl methyl sites for hydroxylation is 1. The molecule has 5 heteroatoms. The van der Waals surface area contributed by atoms with Gasteiger partial charge in [-0.1, -0.05) is 48.9 Å². The van der Waals surface area contributed by atoms with Gasteiger partial charge in [-0.3, -0.25) is 4.79 Å². The summed E-state index contributed by atoms with van der Waals surface area (Å²) in [5.74, 6) is -0.0850. The number of hydrogen-bond donors (Lipinski definition) is 1. The molecule has 0 spiro atoms. The van der Waals surface area contributed by atoms with Crippen LogP contribution >= 0.6 is 0 Å². The molecule has 5 nitrogen and oxygen atoms in total. The van der Waals surface area contributed by atoms with Gasteiger partial charge in [-0.2, -0.15) is 5.10 Å². The summed E-state index contributed by atoms with van der Waals surface area (Å²) in [7, 11) is 0. The van der Waals surface area contributed by atoms with Gasteiger partial charge in [0.1, 0.15) is 5.69 Å². The standard InChI is InChI=1S/C24H28N4O/c1-19-9-8-12-21(17-19)28-23(18-22(26-28)20-10-4-2-5-11-20)24(29)25-13-16-27-14-6-3-7-15-27/h2,4-5,8-12,17-18H,3,6-7,13-16H2,1H3,(H,25,29). The molecule has 1 fully saturated rings. The van der Waals surface area contributed by atoms with Crippen LogP contribution in [0.1, 0.15) is 35.3 Å². The largest absolute Gasteiger partial charge is 0.349 e. The lowest BCUT2D eigenvalue weighted by atomic mass is 10.1. The van der Waals surface area contributed by atoms with Gasteiger partial charge < -0.3 is 10.2 Å². The van der Waals surface area contributed by atoms with Crippen molar-refractivity contribution in [3.05, 3.63) is 71.9 Å². The van der Waals surface area contributed by atoms with E-state index in [1.807, 2.05) is 67.6 Å². The van der Waals surface area contributed by atoms with Crippen molar-refractivity contribution >= 4 is 5.91 Å². The Morgan fingerprint density at radius 3 is 2.55 bits per heavy atom. The average molecular weight is 389 g/mol. The Balaban J connectivity index is 1.56. The Kier molecular flexibility index (Phi) is 6.06. The zero-order chi connectivity index (χ0) is 20.1. The monoisotopic (exact) mass is 388 g/mol. The number of nitrogens with one attached hydrogen (secondary N) is 1. The van der Waals surface area contributed by atoms with Gasteiger partial charge in [0.05, 0.1) is 11.4 Å². The Morgan fingerprint density at radius 1 is 1.00 bits per heavy atom. The highest BCUT2D eigenvalue weighted by Crippen LogP contribution is 2.22. The summed E-state index contributed by atoms with van der Waals surface area (Å²) in [6, 6.07) is 19.9. The molecule has 0 bridgehead atoms. The Labute approximate surface area is 172 Å². The summed E-state index contributed by atoms with van der Waals surface area (Å²) in [5, 5.41) is 7.85. The molecule has 0 aliphatic carbocycles. The third-order valence-electron chi connectivity index (χ3n) is 5.42. The fraction of sp³-hybridized carbons (Fsp3) is 0.333. The molecule has 0 radical (unpaired) electrons. The van der Waals surface area contributed by atoms with E-state index in [0.29, 0.717) is 12.2 Å². The lowest BCUT2D eigenvalue weighted by Crippen LogP contribution is -2.38. The molecule has 0 saturated carbocycles. The second-order valence-electron chi connectivity index (χ2n) is 7.69. The molecule has 1 aliphatic heterocycles. The van der Waals surface area contributed by atoms with E-state index >= 15 is 0 Å². The number of benzene rings is 2. The highest BCUT2D eigenvalue weighted by molar-refractivity contribution is 5.94. The number of piperidine rings is 1. The van der Waals surface area contributed by atoms with Crippen LogP contribution in [0.2, 0.25) is 0 Å². The van der Waals surface area contributed by atoms with Gasteiger partial charge >= 0.3 is 0 Å². The fourth-order valence-corrected chi connectivity index (χ4v) is 3.85. The molecule has 0 unspecified atom stereocenters. The highest BCUT2D eigenvalue weighted by Gasteiger charge is 2.18. The van der Waals surface area contributed by atoms with Gasteiger partial charge in [-0.15, -0.1) is 0 Å². The predicted octanol–water partition coefficient (Wildman–Crippen LogP) is 4.06. The second kappa shape index (κ2) is 9.05. The van der Waals surface area contributed by atoms with Gasteiger partial charge in [0.15, 0.2) is 0 Å². The summed E-state index contributed by atoms with van der Waals surface area (Å²) < 4.78 is 1.76. The van der Waals surface area contributed by atoms with Gasteiger partial charge in [0.25, 0.3) is 5.91 Å². The van der Waals surface area contributed by atoms with Crippen molar-refractivity contribution in [3.8, 4) is 16.9 Å². The molecule has 150 valence electrons. The van der Waals surface area contributed by atoms with E-state index in [2.05, 4.69) is 10.2 Å². The maximum atomic E-state index is 13.0. The van der Waals surface area contributed by atoms with Crippen LogP contribution < -0.4 is 5.32 Å². The zero-order valence-electron chi connectivity index (χ0n) is 17.0. The van der Waals surface area contributed by atoms with Crippen LogP contribution in [0.15, 0.2) is 60.7 Å². The number of amides is 1. The van der Waals surface area contributed by atoms with Crippen molar-refractivity contribution in [1.82, 2.24) is 20.0 Å². The smallest absolute Gasteiger partial charge is 0.270 e. The van der Waals surface area contributed by atoms with Crippen LogP contribution in [0.5, 0.6) is 0 Å². The van der Waals surface area contributed by atoms with E-state index in [0.717, 1.165) is 42.1 Å². The molecular formula is C24H28N4O. The Morgan fingerprint density at radius 2 is 1.79 bits per heavy atom. The molecule has 1 N–H and O–H groups in total. The predicted molar refractivity (Wildman–Crippen MR) is 116 cm³/mol. The minimum absolute atomic E-state index is 0.0850. The number of carbonyl (C=O) groups is 1. The summed E-state index contributed by atoms with van der Waals surface area (Å²) in [6.45, 7) is 5.86. The second-order valence-corrected chi connectivity index (χ2v) is 7.69. The number of hydrogen-bond acceptors (Lipinski definition) is 3. The lowest BCUT2D eigenvalue weighted by molar-refractivity contribution is 0.0939. The molecular weight excluding hydrogens is 360 g/mol. The number of rotatable bonds is 6. The average Bonchev–Trinajstić information content (AvgIpc) is 3.21. The number of carbonyl (C=O) groups excluding carboxylic acids is 1. The highest BCUT2D eigenvalue weighted by atomic mass is 16.2. The zero-order valence-corrected chi connectivity index (χ0v) is 17.0. The van der Waals surface area contributed by atoms with E-state index in [-0.39, 0.29) is 5.91 Å². The topological polar surface area (TPSA) is 50.2 Å². The van der Waals surface area contributed by atoms with Crippen LogP contribution in [0, 0.1) is 6.92 Å². The van der Waals surface area contributed by atoms with Gasteiger partial charge in [-0.05, 0) is 56.6 Å². The summed E-state index contributed by atoms with van der Waals surface area (Å²) >= 11 is 0. The molecule has 1 aromatic heterocycles. The van der Waals surface area contributed by atoms with E-state index in [4.69, 9.17) is 5.10 Å². The number of nitrogens with zero attached hydrogens (tertiary/aromatic N) is 3. The van der Waals surface area contributed by atoms with Crippen molar-refractivity contribution < 1.29 is 4.79 Å². The first-order chi connectivity index (χ1) is 14.2. The molecule has 1 saturated heterocycles. The molecule has 4 rings (SSSR count). The third kappa shape index (κ3) is 4.74. The van der Waals surface area contributed by atoms with Crippen LogP contribution in [-0.2, 0) is 0 Å². The van der Waals surface area contributed by atoms with Gasteiger partial charge in [-0.25, -0.2) is 4.68 Å².